The van der Waals surface area contributed by atoms with Crippen LogP contribution < -0.4 is 0 Å². The van der Waals surface area contributed by atoms with Gasteiger partial charge in [0.15, 0.2) is 0 Å². The summed E-state index contributed by atoms with van der Waals surface area (Å²) in [5.41, 5.74) is 0.396. The molecule has 0 radical (unpaired) electrons. The molecule has 1 N–H and O–H groups in total. The molecule has 1 aromatic heterocycles. The maximum Gasteiger partial charge on any atom is 0.147 e. The van der Waals surface area contributed by atoms with E-state index in [0.29, 0.717) is 18.2 Å². The molecule has 1 unspecified atom stereocenters. The lowest BCUT2D eigenvalue weighted by Gasteiger charge is -2.27. The fourth-order valence-corrected chi connectivity index (χ4v) is 1.62. The van der Waals surface area contributed by atoms with Crippen LogP contribution in [0.1, 0.15) is 19.0 Å². The van der Waals surface area contributed by atoms with Gasteiger partial charge in [-0.15, -0.1) is 0 Å². The van der Waals surface area contributed by atoms with Crippen molar-refractivity contribution >= 4 is 11.6 Å². The number of nitrogens with zero attached hydrogens (tertiary/aromatic N) is 2. The van der Waals surface area contributed by atoms with Gasteiger partial charge in [-0.25, -0.2) is 4.98 Å². The van der Waals surface area contributed by atoms with Crippen molar-refractivity contribution in [2.75, 3.05) is 20.3 Å². The zero-order chi connectivity index (χ0) is 11.3. The van der Waals surface area contributed by atoms with Crippen LogP contribution in [-0.4, -0.2) is 35.4 Å². The van der Waals surface area contributed by atoms with Crippen molar-refractivity contribution in [3.63, 3.8) is 0 Å². The van der Waals surface area contributed by atoms with Crippen molar-refractivity contribution in [3.8, 4) is 0 Å². The average Bonchev–Trinajstić information content (AvgIpc) is 2.18. The zero-order valence-electron chi connectivity index (χ0n) is 8.90. The molecule has 0 aliphatic carbocycles. The van der Waals surface area contributed by atoms with E-state index >= 15 is 0 Å². The maximum atomic E-state index is 9.02. The van der Waals surface area contributed by atoms with Crippen LogP contribution in [0.4, 0.5) is 0 Å². The van der Waals surface area contributed by atoms with Crippen molar-refractivity contribution in [3.05, 3.63) is 23.2 Å². The van der Waals surface area contributed by atoms with Crippen LogP contribution in [0.2, 0.25) is 5.15 Å². The van der Waals surface area contributed by atoms with Crippen LogP contribution in [0.3, 0.4) is 0 Å². The highest BCUT2D eigenvalue weighted by Crippen LogP contribution is 2.26. The summed E-state index contributed by atoms with van der Waals surface area (Å²) in [6, 6.07) is 0. The first kappa shape index (κ1) is 12.4. The van der Waals surface area contributed by atoms with Crippen LogP contribution in [-0.2, 0) is 10.2 Å². The van der Waals surface area contributed by atoms with Crippen LogP contribution >= 0.6 is 11.6 Å². The first-order chi connectivity index (χ1) is 7.12. The van der Waals surface area contributed by atoms with Crippen molar-refractivity contribution in [1.29, 1.82) is 0 Å². The van der Waals surface area contributed by atoms with E-state index in [1.807, 2.05) is 6.92 Å². The Morgan fingerprint density at radius 3 is 2.80 bits per heavy atom. The van der Waals surface area contributed by atoms with Gasteiger partial charge in [0.25, 0.3) is 0 Å². The standard InChI is InChI=1S/C10H15ClN2O2/c1-10(3-4-14,7-15-2)8-5-12-6-9(11)13-8/h5-6,14H,3-4,7H2,1-2H3. The van der Waals surface area contributed by atoms with E-state index in [4.69, 9.17) is 21.4 Å². The summed E-state index contributed by atoms with van der Waals surface area (Å²) < 4.78 is 5.13. The first-order valence-corrected chi connectivity index (χ1v) is 5.08. The van der Waals surface area contributed by atoms with E-state index in [9.17, 15) is 0 Å². The number of aromatic nitrogens is 2. The number of ether oxygens (including phenoxy) is 1. The maximum absolute atomic E-state index is 9.02. The second-order valence-corrected chi connectivity index (χ2v) is 4.08. The molecule has 5 heteroatoms. The summed E-state index contributed by atoms with van der Waals surface area (Å²) in [4.78, 5) is 8.18. The smallest absolute Gasteiger partial charge is 0.147 e. The largest absolute Gasteiger partial charge is 0.396 e. The summed E-state index contributed by atoms with van der Waals surface area (Å²) in [5.74, 6) is 0. The van der Waals surface area contributed by atoms with Crippen LogP contribution in [0.25, 0.3) is 0 Å². The lowest BCUT2D eigenvalue weighted by atomic mass is 9.84. The van der Waals surface area contributed by atoms with Crippen molar-refractivity contribution in [2.45, 2.75) is 18.8 Å². The summed E-state index contributed by atoms with van der Waals surface area (Å²) in [7, 11) is 1.62. The van der Waals surface area contributed by atoms with Gasteiger partial charge in [-0.2, -0.15) is 0 Å². The summed E-state index contributed by atoms with van der Waals surface area (Å²) in [6.07, 6.45) is 3.70. The van der Waals surface area contributed by atoms with Gasteiger partial charge >= 0.3 is 0 Å². The van der Waals surface area contributed by atoms with Gasteiger partial charge in [-0.1, -0.05) is 18.5 Å². The number of halogens is 1. The second-order valence-electron chi connectivity index (χ2n) is 3.69. The van der Waals surface area contributed by atoms with E-state index in [-0.39, 0.29) is 12.0 Å². The van der Waals surface area contributed by atoms with E-state index in [1.165, 1.54) is 6.20 Å². The van der Waals surface area contributed by atoms with Crippen molar-refractivity contribution in [2.24, 2.45) is 0 Å². The average molecular weight is 231 g/mol. The highest BCUT2D eigenvalue weighted by molar-refractivity contribution is 6.29. The number of rotatable bonds is 5. The SMILES string of the molecule is COCC(C)(CCO)c1cncc(Cl)n1. The summed E-state index contributed by atoms with van der Waals surface area (Å²) >= 11 is 5.77. The third-order valence-electron chi connectivity index (χ3n) is 2.35. The molecular weight excluding hydrogens is 216 g/mol. The van der Waals surface area contributed by atoms with Crippen molar-refractivity contribution in [1.82, 2.24) is 9.97 Å². The molecule has 0 aromatic carbocycles. The van der Waals surface area contributed by atoms with Gasteiger partial charge in [0.2, 0.25) is 0 Å². The minimum Gasteiger partial charge on any atom is -0.396 e. The van der Waals surface area contributed by atoms with E-state index in [1.54, 1.807) is 13.3 Å². The predicted molar refractivity (Wildman–Crippen MR) is 58.0 cm³/mol. The Bertz CT molecular complexity index is 314. The Hall–Kier alpha value is -0.710. The molecule has 0 aliphatic rings. The van der Waals surface area contributed by atoms with Gasteiger partial charge in [0.05, 0.1) is 18.5 Å². The molecule has 0 amide bonds. The van der Waals surface area contributed by atoms with Gasteiger partial charge < -0.3 is 9.84 Å². The summed E-state index contributed by atoms with van der Waals surface area (Å²) in [6.45, 7) is 2.52. The van der Waals surface area contributed by atoms with Crippen LogP contribution in [0, 0.1) is 0 Å². The molecule has 15 heavy (non-hydrogen) atoms. The molecule has 0 saturated carbocycles. The lowest BCUT2D eigenvalue weighted by Crippen LogP contribution is -2.30. The molecule has 1 atom stereocenters. The van der Waals surface area contributed by atoms with E-state index < -0.39 is 0 Å². The minimum atomic E-state index is -0.346. The molecule has 1 aromatic rings. The van der Waals surface area contributed by atoms with Crippen LogP contribution in [0.5, 0.6) is 0 Å². The number of methoxy groups -OCH3 is 1. The number of hydrogen-bond acceptors (Lipinski definition) is 4. The number of aliphatic hydroxyl groups is 1. The normalized spacial score (nSPS) is 14.9. The van der Waals surface area contributed by atoms with Gasteiger partial charge in [0, 0.05) is 25.3 Å². The molecule has 0 aliphatic heterocycles. The Labute approximate surface area is 94.3 Å². The Morgan fingerprint density at radius 2 is 2.27 bits per heavy atom. The highest BCUT2D eigenvalue weighted by atomic mass is 35.5. The fraction of sp³-hybridized carbons (Fsp3) is 0.600. The van der Waals surface area contributed by atoms with E-state index in [2.05, 4.69) is 9.97 Å². The monoisotopic (exact) mass is 230 g/mol. The second kappa shape index (κ2) is 5.39. The molecule has 0 spiro atoms. The van der Waals surface area contributed by atoms with Gasteiger partial charge in [-0.05, 0) is 6.42 Å². The molecule has 1 heterocycles. The van der Waals surface area contributed by atoms with Crippen molar-refractivity contribution < 1.29 is 9.84 Å². The Kier molecular flexibility index (Phi) is 4.45. The quantitative estimate of drug-likeness (QED) is 0.831. The zero-order valence-corrected chi connectivity index (χ0v) is 9.66. The molecule has 4 nitrogen and oxygen atoms in total. The molecular formula is C10H15ClN2O2. The minimum absolute atomic E-state index is 0.0774. The Morgan fingerprint density at radius 1 is 1.53 bits per heavy atom. The fourth-order valence-electron chi connectivity index (χ4n) is 1.47. The first-order valence-electron chi connectivity index (χ1n) is 4.70. The molecule has 0 fully saturated rings. The molecule has 0 bridgehead atoms. The predicted octanol–water partition coefficient (Wildman–Crippen LogP) is 1.42. The number of aliphatic hydroxyl groups excluding tert-OH is 1. The molecule has 84 valence electrons. The third kappa shape index (κ3) is 3.12. The van der Waals surface area contributed by atoms with Gasteiger partial charge in [0.1, 0.15) is 5.15 Å². The lowest BCUT2D eigenvalue weighted by molar-refractivity contribution is 0.115. The topological polar surface area (TPSA) is 55.2 Å². The molecule has 0 saturated heterocycles. The third-order valence-corrected chi connectivity index (χ3v) is 2.53. The highest BCUT2D eigenvalue weighted by Gasteiger charge is 2.28. The van der Waals surface area contributed by atoms with Crippen LogP contribution in [0.15, 0.2) is 12.4 Å². The van der Waals surface area contributed by atoms with Gasteiger partial charge in [-0.3, -0.25) is 4.98 Å². The Balaban J connectivity index is 2.97. The summed E-state index contributed by atoms with van der Waals surface area (Å²) in [5, 5.41) is 9.38. The number of hydrogen-bond donors (Lipinski definition) is 1. The molecule has 1 rings (SSSR count). The van der Waals surface area contributed by atoms with E-state index in [0.717, 1.165) is 5.69 Å².